The average Bonchev–Trinajstić information content (AvgIpc) is 3.15. The topological polar surface area (TPSA) is 73.6 Å². The summed E-state index contributed by atoms with van der Waals surface area (Å²) >= 11 is 0. The number of benzene rings is 2. The molecule has 24 heavy (non-hydrogen) atoms. The minimum atomic E-state index is -0.147. The molecule has 1 saturated heterocycles. The molecule has 1 heterocycles. The highest BCUT2D eigenvalue weighted by Crippen LogP contribution is 2.19. The summed E-state index contributed by atoms with van der Waals surface area (Å²) in [5.41, 5.74) is 7.89. The molecule has 3 rings (SSSR count). The number of carbonyl (C=O) groups excluding carboxylic acids is 1. The lowest BCUT2D eigenvalue weighted by Crippen LogP contribution is -2.16. The first kappa shape index (κ1) is 16.5. The van der Waals surface area contributed by atoms with Crippen molar-refractivity contribution in [1.82, 2.24) is 0 Å². The van der Waals surface area contributed by atoms with Gasteiger partial charge < -0.3 is 20.5 Å². The second-order valence-corrected chi connectivity index (χ2v) is 5.83. The number of hydrogen-bond acceptors (Lipinski definition) is 4. The predicted octanol–water partition coefficient (Wildman–Crippen LogP) is 2.96. The number of rotatable bonds is 6. The number of nitrogens with two attached hydrogens (primary N) is 1. The number of nitrogens with one attached hydrogen (secondary N) is 1. The van der Waals surface area contributed by atoms with Crippen LogP contribution in [0, 0.1) is 0 Å². The van der Waals surface area contributed by atoms with Gasteiger partial charge in [0.1, 0.15) is 12.4 Å². The Kier molecular flexibility index (Phi) is 5.46. The van der Waals surface area contributed by atoms with E-state index >= 15 is 0 Å². The molecule has 1 amide bonds. The lowest BCUT2D eigenvalue weighted by atomic mass is 10.1. The highest BCUT2D eigenvalue weighted by atomic mass is 16.5. The van der Waals surface area contributed by atoms with E-state index in [2.05, 4.69) is 5.32 Å². The Bertz CT molecular complexity index is 662. The van der Waals surface area contributed by atoms with Gasteiger partial charge >= 0.3 is 0 Å². The molecule has 1 unspecified atom stereocenters. The summed E-state index contributed by atoms with van der Waals surface area (Å²) in [6, 6.07) is 14.6. The van der Waals surface area contributed by atoms with Gasteiger partial charge in [0.15, 0.2) is 0 Å². The molecule has 1 fully saturated rings. The number of amides is 1. The van der Waals surface area contributed by atoms with Crippen molar-refractivity contribution in [3.63, 3.8) is 0 Å². The fourth-order valence-electron chi connectivity index (χ4n) is 2.59. The summed E-state index contributed by atoms with van der Waals surface area (Å²) in [5, 5.41) is 2.87. The maximum atomic E-state index is 12.2. The molecule has 5 nitrogen and oxygen atoms in total. The Balaban J connectivity index is 1.53. The number of ether oxygens (including phenoxy) is 2. The van der Waals surface area contributed by atoms with Crippen molar-refractivity contribution in [2.75, 3.05) is 18.5 Å². The molecule has 0 bridgehead atoms. The Morgan fingerprint density at radius 2 is 1.92 bits per heavy atom. The molecule has 0 spiro atoms. The van der Waals surface area contributed by atoms with Crippen LogP contribution in [0.4, 0.5) is 5.69 Å². The lowest BCUT2D eigenvalue weighted by Gasteiger charge is -2.12. The van der Waals surface area contributed by atoms with Crippen LogP contribution < -0.4 is 15.8 Å². The minimum Gasteiger partial charge on any atom is -0.491 e. The summed E-state index contributed by atoms with van der Waals surface area (Å²) < 4.78 is 11.2. The van der Waals surface area contributed by atoms with Crippen molar-refractivity contribution in [2.45, 2.75) is 25.5 Å². The zero-order valence-electron chi connectivity index (χ0n) is 13.5. The Morgan fingerprint density at radius 3 is 2.54 bits per heavy atom. The van der Waals surface area contributed by atoms with E-state index in [-0.39, 0.29) is 12.0 Å². The molecule has 1 aliphatic heterocycles. The van der Waals surface area contributed by atoms with Crippen LogP contribution in [-0.4, -0.2) is 25.2 Å². The Morgan fingerprint density at radius 1 is 1.17 bits per heavy atom. The van der Waals surface area contributed by atoms with Crippen LogP contribution in [0.2, 0.25) is 0 Å². The lowest BCUT2D eigenvalue weighted by molar-refractivity contribution is 0.0679. The summed E-state index contributed by atoms with van der Waals surface area (Å²) in [6.07, 6.45) is 2.35. The maximum absolute atomic E-state index is 12.2. The highest BCUT2D eigenvalue weighted by molar-refractivity contribution is 6.04. The summed E-state index contributed by atoms with van der Waals surface area (Å²) in [7, 11) is 0. The molecule has 0 aliphatic carbocycles. The molecule has 0 aromatic heterocycles. The summed E-state index contributed by atoms with van der Waals surface area (Å²) in [6.45, 7) is 1.86. The van der Waals surface area contributed by atoms with Gasteiger partial charge in [-0.05, 0) is 54.8 Å². The zero-order valence-corrected chi connectivity index (χ0v) is 13.5. The first-order valence-corrected chi connectivity index (χ1v) is 8.19. The van der Waals surface area contributed by atoms with Gasteiger partial charge in [-0.15, -0.1) is 0 Å². The van der Waals surface area contributed by atoms with Gasteiger partial charge in [-0.25, -0.2) is 0 Å². The molecule has 3 N–H and O–H groups in total. The number of anilines is 1. The van der Waals surface area contributed by atoms with Gasteiger partial charge in [-0.1, -0.05) is 12.1 Å². The molecular weight excluding hydrogens is 304 g/mol. The van der Waals surface area contributed by atoms with Gasteiger partial charge in [0.05, 0.1) is 6.10 Å². The third-order valence-corrected chi connectivity index (χ3v) is 4.02. The second kappa shape index (κ2) is 7.95. The molecule has 2 aromatic rings. The van der Waals surface area contributed by atoms with Crippen LogP contribution in [0.5, 0.6) is 5.75 Å². The van der Waals surface area contributed by atoms with E-state index in [1.165, 1.54) is 0 Å². The molecule has 2 aromatic carbocycles. The monoisotopic (exact) mass is 326 g/mol. The number of carbonyl (C=O) groups is 1. The van der Waals surface area contributed by atoms with Crippen molar-refractivity contribution in [2.24, 2.45) is 5.73 Å². The van der Waals surface area contributed by atoms with Gasteiger partial charge in [0.2, 0.25) is 0 Å². The fraction of sp³-hybridized carbons (Fsp3) is 0.316. The van der Waals surface area contributed by atoms with Gasteiger partial charge in [-0.2, -0.15) is 0 Å². The third kappa shape index (κ3) is 4.34. The average molecular weight is 326 g/mol. The minimum absolute atomic E-state index is 0.147. The van der Waals surface area contributed by atoms with Crippen LogP contribution in [0.15, 0.2) is 48.5 Å². The molecule has 0 saturated carbocycles. The smallest absolute Gasteiger partial charge is 0.255 e. The van der Waals surface area contributed by atoms with Crippen LogP contribution in [0.3, 0.4) is 0 Å². The first-order valence-electron chi connectivity index (χ1n) is 8.19. The maximum Gasteiger partial charge on any atom is 0.255 e. The van der Waals surface area contributed by atoms with Crippen molar-refractivity contribution in [1.29, 1.82) is 0 Å². The van der Waals surface area contributed by atoms with Crippen molar-refractivity contribution < 1.29 is 14.3 Å². The van der Waals surface area contributed by atoms with E-state index in [1.807, 2.05) is 36.4 Å². The van der Waals surface area contributed by atoms with Gasteiger partial charge in [-0.3, -0.25) is 4.79 Å². The molecule has 126 valence electrons. The van der Waals surface area contributed by atoms with E-state index in [0.717, 1.165) is 36.4 Å². The molecule has 1 aliphatic rings. The molecular formula is C19H22N2O3. The van der Waals surface area contributed by atoms with Crippen molar-refractivity contribution in [3.8, 4) is 5.75 Å². The summed E-state index contributed by atoms with van der Waals surface area (Å²) in [5.74, 6) is 0.627. The van der Waals surface area contributed by atoms with E-state index in [1.54, 1.807) is 12.1 Å². The van der Waals surface area contributed by atoms with E-state index in [4.69, 9.17) is 15.2 Å². The largest absolute Gasteiger partial charge is 0.491 e. The summed E-state index contributed by atoms with van der Waals surface area (Å²) in [4.78, 5) is 12.2. The first-order chi connectivity index (χ1) is 11.7. The van der Waals surface area contributed by atoms with Crippen molar-refractivity contribution >= 4 is 11.6 Å². The van der Waals surface area contributed by atoms with Crippen molar-refractivity contribution in [3.05, 3.63) is 59.7 Å². The Hall–Kier alpha value is -2.37. The second-order valence-electron chi connectivity index (χ2n) is 5.83. The van der Waals surface area contributed by atoms with Crippen LogP contribution in [0.25, 0.3) is 0 Å². The van der Waals surface area contributed by atoms with Crippen LogP contribution >= 0.6 is 0 Å². The van der Waals surface area contributed by atoms with E-state index in [0.29, 0.717) is 18.7 Å². The number of hydrogen-bond donors (Lipinski definition) is 2. The normalized spacial score (nSPS) is 16.8. The SMILES string of the molecule is NCc1ccc(C(=O)Nc2ccc(OCC3CCCO3)cc2)cc1. The molecule has 0 radical (unpaired) electrons. The quantitative estimate of drug-likeness (QED) is 0.856. The van der Waals surface area contributed by atoms with E-state index < -0.39 is 0 Å². The third-order valence-electron chi connectivity index (χ3n) is 4.02. The predicted molar refractivity (Wildman–Crippen MR) is 93.2 cm³/mol. The molecule has 5 heteroatoms. The van der Waals surface area contributed by atoms with Crippen LogP contribution in [0.1, 0.15) is 28.8 Å². The Labute approximate surface area is 141 Å². The van der Waals surface area contributed by atoms with Gasteiger partial charge in [0.25, 0.3) is 5.91 Å². The standard InChI is InChI=1S/C19H22N2O3/c20-12-14-3-5-15(6-4-14)19(22)21-16-7-9-17(10-8-16)24-13-18-2-1-11-23-18/h3-10,18H,1-2,11-13,20H2,(H,21,22). The van der Waals surface area contributed by atoms with Crippen LogP contribution in [-0.2, 0) is 11.3 Å². The highest BCUT2D eigenvalue weighted by Gasteiger charge is 2.15. The fourth-order valence-corrected chi connectivity index (χ4v) is 2.59. The van der Waals surface area contributed by atoms with E-state index in [9.17, 15) is 4.79 Å². The zero-order chi connectivity index (χ0) is 16.8. The molecule has 1 atom stereocenters. The van der Waals surface area contributed by atoms with Gasteiger partial charge in [0, 0.05) is 24.4 Å².